The number of halogens is 1. The number of morpholine rings is 1. The van der Waals surface area contributed by atoms with E-state index in [9.17, 15) is 4.79 Å². The number of fused-ring (bicyclic) bond motifs is 1. The fourth-order valence-corrected chi connectivity index (χ4v) is 4.37. The standard InChI is InChI=1S/C24H33FN6O3/c1-6-30-12-18-20(17-8-7-16(11-19(17)25)27-23(32)26-5)28-22(31-9-10-33-13-15(31)2)29-21(18)34-24(3,4)14-30/h7-8,11,15H,6,9-10,12-14H2,1-5H3,(H2,26,27,32). The van der Waals surface area contributed by atoms with E-state index >= 15 is 4.39 Å². The largest absolute Gasteiger partial charge is 0.470 e. The summed E-state index contributed by atoms with van der Waals surface area (Å²) >= 11 is 0. The summed E-state index contributed by atoms with van der Waals surface area (Å²) < 4.78 is 27.4. The molecule has 9 nitrogen and oxygen atoms in total. The first-order chi connectivity index (χ1) is 16.2. The minimum Gasteiger partial charge on any atom is -0.470 e. The van der Waals surface area contributed by atoms with Crippen LogP contribution in [0.15, 0.2) is 18.2 Å². The van der Waals surface area contributed by atoms with E-state index in [1.807, 2.05) is 13.8 Å². The van der Waals surface area contributed by atoms with Crippen molar-refractivity contribution in [2.24, 2.45) is 0 Å². The third-order valence-corrected chi connectivity index (χ3v) is 6.10. The van der Waals surface area contributed by atoms with Gasteiger partial charge in [0, 0.05) is 37.9 Å². The Bertz CT molecular complexity index is 1060. The number of nitrogens with one attached hydrogen (secondary N) is 2. The Morgan fingerprint density at radius 3 is 2.79 bits per heavy atom. The van der Waals surface area contributed by atoms with E-state index in [0.29, 0.717) is 61.6 Å². The highest BCUT2D eigenvalue weighted by Crippen LogP contribution is 2.37. The summed E-state index contributed by atoms with van der Waals surface area (Å²) in [6.45, 7) is 12.0. The summed E-state index contributed by atoms with van der Waals surface area (Å²) in [7, 11) is 1.51. The van der Waals surface area contributed by atoms with Gasteiger partial charge in [-0.05, 0) is 45.5 Å². The zero-order chi connectivity index (χ0) is 24.5. The molecule has 3 heterocycles. The lowest BCUT2D eigenvalue weighted by atomic mass is 10.0. The van der Waals surface area contributed by atoms with Crippen molar-refractivity contribution in [1.29, 1.82) is 0 Å². The molecule has 1 aromatic heterocycles. The SMILES string of the molecule is CCN1Cc2c(nc(N3CCOCC3C)nc2-c2ccc(NC(=O)NC)cc2F)OC(C)(C)C1. The van der Waals surface area contributed by atoms with Gasteiger partial charge in [0.1, 0.15) is 11.4 Å². The molecule has 2 aliphatic heterocycles. The fraction of sp³-hybridized carbons (Fsp3) is 0.542. The van der Waals surface area contributed by atoms with E-state index in [0.717, 1.165) is 12.1 Å². The van der Waals surface area contributed by atoms with Crippen LogP contribution in [0.3, 0.4) is 0 Å². The number of likely N-dealkylation sites (N-methyl/N-ethyl adjacent to an activating group) is 1. The molecule has 0 spiro atoms. The van der Waals surface area contributed by atoms with Gasteiger partial charge in [-0.25, -0.2) is 14.2 Å². The molecule has 1 unspecified atom stereocenters. The lowest BCUT2D eigenvalue weighted by Crippen LogP contribution is -2.44. The third-order valence-electron chi connectivity index (χ3n) is 6.10. The lowest BCUT2D eigenvalue weighted by molar-refractivity contribution is 0.0690. The van der Waals surface area contributed by atoms with Crippen molar-refractivity contribution in [2.45, 2.75) is 45.9 Å². The van der Waals surface area contributed by atoms with Gasteiger partial charge >= 0.3 is 6.03 Å². The first-order valence-electron chi connectivity index (χ1n) is 11.7. The number of carbonyl (C=O) groups excluding carboxylic acids is 1. The van der Waals surface area contributed by atoms with E-state index in [4.69, 9.17) is 19.4 Å². The van der Waals surface area contributed by atoms with Crippen LogP contribution in [-0.4, -0.2) is 72.4 Å². The van der Waals surface area contributed by atoms with E-state index in [1.165, 1.54) is 13.1 Å². The highest BCUT2D eigenvalue weighted by molar-refractivity contribution is 5.89. The summed E-state index contributed by atoms with van der Waals surface area (Å²) in [5.74, 6) is 0.492. The Morgan fingerprint density at radius 2 is 2.12 bits per heavy atom. The van der Waals surface area contributed by atoms with Gasteiger partial charge in [0.25, 0.3) is 0 Å². The summed E-state index contributed by atoms with van der Waals surface area (Å²) in [4.78, 5) is 25.7. The second-order valence-electron chi connectivity index (χ2n) is 9.34. The van der Waals surface area contributed by atoms with Crippen molar-refractivity contribution in [3.05, 3.63) is 29.6 Å². The van der Waals surface area contributed by atoms with Gasteiger partial charge in [0.15, 0.2) is 0 Å². The normalized spacial score (nSPS) is 20.2. The van der Waals surface area contributed by atoms with Crippen LogP contribution in [0.25, 0.3) is 11.3 Å². The first-order valence-corrected chi connectivity index (χ1v) is 11.7. The number of hydrogen-bond acceptors (Lipinski definition) is 7. The van der Waals surface area contributed by atoms with Gasteiger partial charge in [-0.2, -0.15) is 4.98 Å². The number of carbonyl (C=O) groups is 1. The van der Waals surface area contributed by atoms with Crippen LogP contribution in [0, 0.1) is 5.82 Å². The maximum absolute atomic E-state index is 15.4. The van der Waals surface area contributed by atoms with Crippen LogP contribution in [-0.2, 0) is 11.3 Å². The highest BCUT2D eigenvalue weighted by Gasteiger charge is 2.34. The average Bonchev–Trinajstić information content (AvgIpc) is 2.93. The Labute approximate surface area is 199 Å². The van der Waals surface area contributed by atoms with Crippen molar-refractivity contribution in [2.75, 3.05) is 50.1 Å². The second-order valence-corrected chi connectivity index (χ2v) is 9.34. The summed E-state index contributed by atoms with van der Waals surface area (Å²) in [6.07, 6.45) is 0. The number of nitrogens with zero attached hydrogens (tertiary/aromatic N) is 4. The first kappa shape index (κ1) is 24.2. The van der Waals surface area contributed by atoms with Crippen LogP contribution >= 0.6 is 0 Å². The Hall–Kier alpha value is -2.98. The zero-order valence-corrected chi connectivity index (χ0v) is 20.4. The molecule has 0 aliphatic carbocycles. The second kappa shape index (κ2) is 9.71. The van der Waals surface area contributed by atoms with Gasteiger partial charge in [0.2, 0.25) is 11.8 Å². The van der Waals surface area contributed by atoms with Crippen LogP contribution in [0.1, 0.15) is 33.3 Å². The maximum atomic E-state index is 15.4. The van der Waals surface area contributed by atoms with Gasteiger partial charge in [-0.15, -0.1) is 0 Å². The monoisotopic (exact) mass is 472 g/mol. The number of amides is 2. The topological polar surface area (TPSA) is 91.9 Å². The predicted molar refractivity (Wildman–Crippen MR) is 129 cm³/mol. The smallest absolute Gasteiger partial charge is 0.318 e. The molecule has 2 aromatic rings. The third kappa shape index (κ3) is 5.07. The molecule has 2 amide bonds. The van der Waals surface area contributed by atoms with Crippen molar-refractivity contribution < 1.29 is 18.7 Å². The van der Waals surface area contributed by atoms with Crippen molar-refractivity contribution in [1.82, 2.24) is 20.2 Å². The van der Waals surface area contributed by atoms with Crippen molar-refractivity contribution >= 4 is 17.7 Å². The molecule has 0 saturated carbocycles. The molecule has 1 aromatic carbocycles. The highest BCUT2D eigenvalue weighted by atomic mass is 19.1. The summed E-state index contributed by atoms with van der Waals surface area (Å²) in [5, 5.41) is 5.06. The van der Waals surface area contributed by atoms with E-state index < -0.39 is 17.4 Å². The molecular formula is C24H33FN6O3. The quantitative estimate of drug-likeness (QED) is 0.706. The number of aromatic nitrogens is 2. The van der Waals surface area contributed by atoms with E-state index in [1.54, 1.807) is 12.1 Å². The van der Waals surface area contributed by atoms with Gasteiger partial charge in [0.05, 0.1) is 30.5 Å². The number of urea groups is 1. The zero-order valence-electron chi connectivity index (χ0n) is 20.4. The van der Waals surface area contributed by atoms with E-state index in [2.05, 4.69) is 34.3 Å². The Morgan fingerprint density at radius 1 is 1.32 bits per heavy atom. The predicted octanol–water partition coefficient (Wildman–Crippen LogP) is 3.25. The van der Waals surface area contributed by atoms with Gasteiger partial charge in [-0.1, -0.05) is 6.92 Å². The number of anilines is 2. The molecule has 184 valence electrons. The molecule has 10 heteroatoms. The molecule has 1 fully saturated rings. The fourth-order valence-electron chi connectivity index (χ4n) is 4.37. The van der Waals surface area contributed by atoms with Crippen LogP contribution in [0.2, 0.25) is 0 Å². The van der Waals surface area contributed by atoms with Gasteiger partial charge < -0.3 is 25.0 Å². The minimum absolute atomic E-state index is 0.0783. The Kier molecular flexibility index (Phi) is 6.90. The van der Waals surface area contributed by atoms with E-state index in [-0.39, 0.29) is 6.04 Å². The maximum Gasteiger partial charge on any atom is 0.318 e. The minimum atomic E-state index is -0.484. The molecule has 34 heavy (non-hydrogen) atoms. The molecular weight excluding hydrogens is 439 g/mol. The van der Waals surface area contributed by atoms with Crippen LogP contribution in [0.4, 0.5) is 20.8 Å². The van der Waals surface area contributed by atoms with Crippen molar-refractivity contribution in [3.8, 4) is 17.1 Å². The molecule has 0 bridgehead atoms. The molecule has 2 aliphatic rings. The lowest BCUT2D eigenvalue weighted by Gasteiger charge is -2.34. The average molecular weight is 473 g/mol. The number of hydrogen-bond donors (Lipinski definition) is 2. The molecule has 2 N–H and O–H groups in total. The van der Waals surface area contributed by atoms with Crippen LogP contribution in [0.5, 0.6) is 5.88 Å². The van der Waals surface area contributed by atoms with Crippen LogP contribution < -0.4 is 20.3 Å². The Balaban J connectivity index is 1.85. The molecule has 0 radical (unpaired) electrons. The van der Waals surface area contributed by atoms with Gasteiger partial charge in [-0.3, -0.25) is 4.90 Å². The van der Waals surface area contributed by atoms with Crippen molar-refractivity contribution in [3.63, 3.8) is 0 Å². The molecule has 4 rings (SSSR count). The number of benzene rings is 1. The summed E-state index contributed by atoms with van der Waals surface area (Å²) in [6, 6.07) is 4.27. The number of rotatable bonds is 4. The molecule has 1 atom stereocenters. The number of ether oxygens (including phenoxy) is 2. The summed E-state index contributed by atoms with van der Waals surface area (Å²) in [5.41, 5.74) is 1.47. The molecule has 1 saturated heterocycles.